The summed E-state index contributed by atoms with van der Waals surface area (Å²) >= 11 is 0. The minimum atomic E-state index is 0.110. The van der Waals surface area contributed by atoms with Gasteiger partial charge in [-0.05, 0) is 30.7 Å². The molecular formula is C19H21NO. The second-order valence-electron chi connectivity index (χ2n) is 5.12. The summed E-state index contributed by atoms with van der Waals surface area (Å²) < 4.78 is 0. The summed E-state index contributed by atoms with van der Waals surface area (Å²) in [6, 6.07) is 16.7. The molecule has 0 aromatic heterocycles. The molecular weight excluding hydrogens is 258 g/mol. The lowest BCUT2D eigenvalue weighted by atomic mass is 10.1. The lowest BCUT2D eigenvalue weighted by molar-refractivity contribution is 0.305. The second kappa shape index (κ2) is 7.52. The maximum atomic E-state index is 8.82. The summed E-state index contributed by atoms with van der Waals surface area (Å²) in [7, 11) is 2.09. The number of anilines is 1. The zero-order valence-corrected chi connectivity index (χ0v) is 12.6. The third kappa shape index (κ3) is 4.37. The van der Waals surface area contributed by atoms with Crippen molar-refractivity contribution in [1.82, 2.24) is 0 Å². The van der Waals surface area contributed by atoms with Crippen molar-refractivity contribution >= 4 is 5.69 Å². The van der Waals surface area contributed by atoms with E-state index in [1.165, 1.54) is 16.8 Å². The van der Waals surface area contributed by atoms with Crippen LogP contribution in [0.3, 0.4) is 0 Å². The Labute approximate surface area is 127 Å². The largest absolute Gasteiger partial charge is 0.395 e. The standard InChI is InChI=1S/C19H21NO/c1-16-10-12-19(13-11-16)20(2)15-18-9-4-3-7-17(18)8-5-6-14-21/h3-4,7,9-13,21H,6,14-15H2,1-2H3. The Balaban J connectivity index is 2.16. The van der Waals surface area contributed by atoms with Crippen LogP contribution in [0.5, 0.6) is 0 Å². The predicted octanol–water partition coefficient (Wildman–Crippen LogP) is 3.37. The molecule has 0 bridgehead atoms. The molecule has 108 valence electrons. The number of rotatable bonds is 4. The topological polar surface area (TPSA) is 23.5 Å². The first kappa shape index (κ1) is 15.2. The van der Waals surface area contributed by atoms with Crippen LogP contribution in [0.15, 0.2) is 48.5 Å². The molecule has 0 fully saturated rings. The molecule has 0 amide bonds. The molecule has 1 N–H and O–H groups in total. The van der Waals surface area contributed by atoms with Gasteiger partial charge in [0.1, 0.15) is 0 Å². The number of nitrogens with zero attached hydrogens (tertiary/aromatic N) is 1. The van der Waals surface area contributed by atoms with Crippen molar-refractivity contribution in [2.24, 2.45) is 0 Å². The molecule has 2 nitrogen and oxygen atoms in total. The van der Waals surface area contributed by atoms with Crippen molar-refractivity contribution in [2.75, 3.05) is 18.6 Å². The summed E-state index contributed by atoms with van der Waals surface area (Å²) in [6.07, 6.45) is 0.516. The van der Waals surface area contributed by atoms with Crippen LogP contribution >= 0.6 is 0 Å². The lowest BCUT2D eigenvalue weighted by Gasteiger charge is -2.20. The summed E-state index contributed by atoms with van der Waals surface area (Å²) in [5.41, 5.74) is 4.69. The van der Waals surface area contributed by atoms with Crippen LogP contribution < -0.4 is 4.90 Å². The van der Waals surface area contributed by atoms with E-state index in [0.29, 0.717) is 6.42 Å². The molecule has 0 aliphatic heterocycles. The van der Waals surface area contributed by atoms with E-state index in [2.05, 4.69) is 61.0 Å². The van der Waals surface area contributed by atoms with Crippen molar-refractivity contribution in [3.05, 3.63) is 65.2 Å². The summed E-state index contributed by atoms with van der Waals surface area (Å²) in [5.74, 6) is 6.14. The molecule has 0 saturated heterocycles. The molecule has 0 heterocycles. The van der Waals surface area contributed by atoms with Gasteiger partial charge < -0.3 is 10.0 Å². The van der Waals surface area contributed by atoms with Crippen LogP contribution in [0.25, 0.3) is 0 Å². The molecule has 0 spiro atoms. The van der Waals surface area contributed by atoms with Gasteiger partial charge in [0.05, 0.1) is 6.61 Å². The van der Waals surface area contributed by atoms with Crippen molar-refractivity contribution in [1.29, 1.82) is 0 Å². The molecule has 0 atom stereocenters. The van der Waals surface area contributed by atoms with Gasteiger partial charge in [0, 0.05) is 31.3 Å². The minimum absolute atomic E-state index is 0.110. The van der Waals surface area contributed by atoms with Crippen LogP contribution in [0.4, 0.5) is 5.69 Å². The number of aliphatic hydroxyl groups excluding tert-OH is 1. The van der Waals surface area contributed by atoms with Crippen LogP contribution in [-0.4, -0.2) is 18.8 Å². The van der Waals surface area contributed by atoms with E-state index in [0.717, 1.165) is 12.1 Å². The van der Waals surface area contributed by atoms with E-state index < -0.39 is 0 Å². The Hall–Kier alpha value is -2.24. The van der Waals surface area contributed by atoms with E-state index in [-0.39, 0.29) is 6.61 Å². The normalized spacial score (nSPS) is 9.86. The van der Waals surface area contributed by atoms with Gasteiger partial charge in [-0.25, -0.2) is 0 Å². The first-order chi connectivity index (χ1) is 10.2. The number of hydrogen-bond donors (Lipinski definition) is 1. The van der Waals surface area contributed by atoms with Crippen molar-refractivity contribution < 1.29 is 5.11 Å². The molecule has 0 radical (unpaired) electrons. The van der Waals surface area contributed by atoms with E-state index in [1.807, 2.05) is 18.2 Å². The number of hydrogen-bond acceptors (Lipinski definition) is 2. The third-order valence-electron chi connectivity index (χ3n) is 3.36. The van der Waals surface area contributed by atoms with Crippen molar-refractivity contribution in [2.45, 2.75) is 19.9 Å². The highest BCUT2D eigenvalue weighted by molar-refractivity contribution is 5.49. The number of aryl methyl sites for hydroxylation is 1. The zero-order valence-electron chi connectivity index (χ0n) is 12.6. The van der Waals surface area contributed by atoms with Gasteiger partial charge >= 0.3 is 0 Å². The predicted molar refractivity (Wildman–Crippen MR) is 88.3 cm³/mol. The third-order valence-corrected chi connectivity index (χ3v) is 3.36. The monoisotopic (exact) mass is 279 g/mol. The minimum Gasteiger partial charge on any atom is -0.395 e. The average molecular weight is 279 g/mol. The Kier molecular flexibility index (Phi) is 5.43. The fraction of sp³-hybridized carbons (Fsp3) is 0.263. The first-order valence-electron chi connectivity index (χ1n) is 7.16. The Morgan fingerprint density at radius 3 is 2.48 bits per heavy atom. The zero-order chi connectivity index (χ0) is 15.1. The highest BCUT2D eigenvalue weighted by atomic mass is 16.2. The number of aliphatic hydroxyl groups is 1. The van der Waals surface area contributed by atoms with Gasteiger partial charge in [-0.15, -0.1) is 0 Å². The van der Waals surface area contributed by atoms with E-state index in [1.54, 1.807) is 0 Å². The summed E-state index contributed by atoms with van der Waals surface area (Å²) in [5, 5.41) is 8.82. The van der Waals surface area contributed by atoms with Crippen LogP contribution in [0.2, 0.25) is 0 Å². The maximum Gasteiger partial charge on any atom is 0.0540 e. The van der Waals surface area contributed by atoms with E-state index >= 15 is 0 Å². The highest BCUT2D eigenvalue weighted by Gasteiger charge is 2.05. The number of benzene rings is 2. The second-order valence-corrected chi connectivity index (χ2v) is 5.12. The van der Waals surface area contributed by atoms with E-state index in [9.17, 15) is 0 Å². The van der Waals surface area contributed by atoms with Gasteiger partial charge in [0.2, 0.25) is 0 Å². The van der Waals surface area contributed by atoms with E-state index in [4.69, 9.17) is 5.11 Å². The highest BCUT2D eigenvalue weighted by Crippen LogP contribution is 2.17. The molecule has 2 heteroatoms. The molecule has 0 saturated carbocycles. The fourth-order valence-corrected chi connectivity index (χ4v) is 2.14. The molecule has 2 aromatic carbocycles. The van der Waals surface area contributed by atoms with Crippen LogP contribution in [0, 0.1) is 18.8 Å². The molecule has 2 aromatic rings. The Morgan fingerprint density at radius 2 is 1.76 bits per heavy atom. The van der Waals surface area contributed by atoms with Crippen molar-refractivity contribution in [3.8, 4) is 11.8 Å². The molecule has 0 aliphatic carbocycles. The van der Waals surface area contributed by atoms with Gasteiger partial charge in [-0.3, -0.25) is 0 Å². The van der Waals surface area contributed by atoms with Crippen LogP contribution in [-0.2, 0) is 6.54 Å². The molecule has 0 unspecified atom stereocenters. The van der Waals surface area contributed by atoms with Gasteiger partial charge in [-0.2, -0.15) is 0 Å². The molecule has 2 rings (SSSR count). The van der Waals surface area contributed by atoms with Crippen molar-refractivity contribution in [3.63, 3.8) is 0 Å². The SMILES string of the molecule is Cc1ccc(N(C)Cc2ccccc2C#CCCO)cc1. The molecule has 21 heavy (non-hydrogen) atoms. The fourth-order valence-electron chi connectivity index (χ4n) is 2.14. The van der Waals surface area contributed by atoms with Gasteiger partial charge in [-0.1, -0.05) is 47.7 Å². The summed E-state index contributed by atoms with van der Waals surface area (Å²) in [6.45, 7) is 3.02. The molecule has 0 aliphatic rings. The summed E-state index contributed by atoms with van der Waals surface area (Å²) in [4.78, 5) is 2.21. The van der Waals surface area contributed by atoms with Crippen LogP contribution in [0.1, 0.15) is 23.1 Å². The lowest BCUT2D eigenvalue weighted by Crippen LogP contribution is -2.17. The van der Waals surface area contributed by atoms with Gasteiger partial charge in [0.25, 0.3) is 0 Å². The average Bonchev–Trinajstić information content (AvgIpc) is 2.50. The van der Waals surface area contributed by atoms with Gasteiger partial charge in [0.15, 0.2) is 0 Å². The first-order valence-corrected chi connectivity index (χ1v) is 7.16. The Morgan fingerprint density at radius 1 is 1.05 bits per heavy atom. The maximum absolute atomic E-state index is 8.82. The Bertz CT molecular complexity index is 635. The quantitative estimate of drug-likeness (QED) is 0.867. The smallest absolute Gasteiger partial charge is 0.0540 e.